The van der Waals surface area contributed by atoms with Crippen molar-refractivity contribution in [3.8, 4) is 0 Å². The minimum absolute atomic E-state index is 0.0200. The molecule has 0 aliphatic rings. The number of hydrogen-bond acceptors (Lipinski definition) is 5. The van der Waals surface area contributed by atoms with E-state index in [1.165, 1.54) is 0 Å². The normalized spacial score (nSPS) is 9.67. The maximum absolute atomic E-state index is 10.1. The molecule has 0 aromatic heterocycles. The van der Waals surface area contributed by atoms with Crippen LogP contribution in [0.1, 0.15) is 6.92 Å². The van der Waals surface area contributed by atoms with E-state index in [0.29, 0.717) is 6.61 Å². The van der Waals surface area contributed by atoms with E-state index in [4.69, 9.17) is 23.3 Å². The minimum atomic E-state index is -4.67. The fourth-order valence-corrected chi connectivity index (χ4v) is 0.220. The molecule has 0 aliphatic carbocycles. The predicted molar refractivity (Wildman–Crippen MR) is 39.9 cm³/mol. The Bertz CT molecular complexity index is 202. The number of hydrogen-bond donors (Lipinski definition) is 3. The molecular weight excluding hydrogens is 190 g/mol. The minimum Gasteiger partial charge on any atom is -0.465 e. The molecule has 0 heterocycles. The van der Waals surface area contributed by atoms with E-state index in [1.54, 1.807) is 6.92 Å². The van der Waals surface area contributed by atoms with E-state index in [-0.39, 0.29) is 12.5 Å². The van der Waals surface area contributed by atoms with Crippen molar-refractivity contribution in [3.05, 3.63) is 0 Å². The molecule has 0 aromatic rings. The number of carbonyl (C=O) groups excluding carboxylic acids is 1. The van der Waals surface area contributed by atoms with Crippen LogP contribution in [0, 0.1) is 0 Å². The van der Waals surface area contributed by atoms with E-state index in [0.717, 1.165) is 0 Å². The second kappa shape index (κ2) is 6.98. The van der Waals surface area contributed by atoms with Crippen molar-refractivity contribution in [2.45, 2.75) is 6.92 Å². The second-order valence-corrected chi connectivity index (χ2v) is 2.35. The van der Waals surface area contributed by atoms with Crippen LogP contribution in [0.2, 0.25) is 0 Å². The van der Waals surface area contributed by atoms with Gasteiger partial charge in [0, 0.05) is 0 Å². The van der Waals surface area contributed by atoms with Crippen molar-refractivity contribution in [2.24, 2.45) is 5.73 Å². The van der Waals surface area contributed by atoms with Crippen molar-refractivity contribution < 1.29 is 27.1 Å². The molecule has 0 unspecified atom stereocenters. The van der Waals surface area contributed by atoms with Gasteiger partial charge in [0.05, 0.1) is 13.2 Å². The van der Waals surface area contributed by atoms with Crippen LogP contribution in [0.5, 0.6) is 0 Å². The van der Waals surface area contributed by atoms with Gasteiger partial charge < -0.3 is 10.5 Å². The third-order valence-electron chi connectivity index (χ3n) is 0.472. The zero-order valence-corrected chi connectivity index (χ0v) is 7.24. The molecule has 0 saturated carbocycles. The van der Waals surface area contributed by atoms with Gasteiger partial charge in [0.15, 0.2) is 0 Å². The summed E-state index contributed by atoms with van der Waals surface area (Å²) in [5.41, 5.74) is 4.88. The Morgan fingerprint density at radius 3 is 1.92 bits per heavy atom. The molecule has 0 fully saturated rings. The number of nitrogens with two attached hydrogens (primary N) is 1. The molecule has 8 heteroatoms. The standard InChI is InChI=1S/C4H9NO2.H2O4S/c1-2-7-4(6)3-5;1-5(2,3)4/h2-3,5H2,1H3;(H2,1,2,3,4). The lowest BCUT2D eigenvalue weighted by Gasteiger charge is -1.93. The first-order chi connectivity index (χ1) is 5.31. The maximum atomic E-state index is 10.1. The van der Waals surface area contributed by atoms with Crippen LogP contribution >= 0.6 is 0 Å². The average molecular weight is 201 g/mol. The molecule has 7 nitrogen and oxygen atoms in total. The topological polar surface area (TPSA) is 127 Å². The van der Waals surface area contributed by atoms with Gasteiger partial charge in [-0.2, -0.15) is 8.42 Å². The van der Waals surface area contributed by atoms with Crippen LogP contribution < -0.4 is 5.73 Å². The summed E-state index contributed by atoms with van der Waals surface area (Å²) < 4.78 is 36.0. The quantitative estimate of drug-likeness (QED) is 0.380. The lowest BCUT2D eigenvalue weighted by molar-refractivity contribution is -0.141. The highest BCUT2D eigenvalue weighted by Crippen LogP contribution is 1.69. The first kappa shape index (κ1) is 13.9. The first-order valence-electron chi connectivity index (χ1n) is 2.86. The molecule has 0 amide bonds. The second-order valence-electron chi connectivity index (χ2n) is 1.46. The lowest BCUT2D eigenvalue weighted by Crippen LogP contribution is -2.16. The van der Waals surface area contributed by atoms with Crippen LogP contribution in [-0.2, 0) is 19.9 Å². The molecule has 0 aliphatic heterocycles. The largest absolute Gasteiger partial charge is 0.465 e. The van der Waals surface area contributed by atoms with Gasteiger partial charge in [0.25, 0.3) is 0 Å². The molecule has 0 spiro atoms. The highest BCUT2D eigenvalue weighted by Gasteiger charge is 1.91. The van der Waals surface area contributed by atoms with Crippen LogP contribution in [0.25, 0.3) is 0 Å². The Labute approximate surface area is 70.1 Å². The molecule has 0 saturated heterocycles. The molecule has 0 bridgehead atoms. The summed E-state index contributed by atoms with van der Waals surface area (Å²) in [6.45, 7) is 2.14. The van der Waals surface area contributed by atoms with Gasteiger partial charge in [0.1, 0.15) is 0 Å². The summed E-state index contributed by atoms with van der Waals surface area (Å²) in [6, 6.07) is 0. The Balaban J connectivity index is 0. The van der Waals surface area contributed by atoms with Gasteiger partial charge >= 0.3 is 16.4 Å². The summed E-state index contributed by atoms with van der Waals surface area (Å²) in [4.78, 5) is 10.1. The van der Waals surface area contributed by atoms with E-state index in [9.17, 15) is 4.79 Å². The van der Waals surface area contributed by atoms with Crippen LogP contribution in [-0.4, -0.2) is 36.6 Å². The number of rotatable bonds is 2. The average Bonchev–Trinajstić information content (AvgIpc) is 1.85. The highest BCUT2D eigenvalue weighted by atomic mass is 32.3. The Kier molecular flexibility index (Phi) is 8.06. The van der Waals surface area contributed by atoms with Crippen LogP contribution in [0.15, 0.2) is 0 Å². The molecule has 0 radical (unpaired) electrons. The SMILES string of the molecule is CCOC(=O)CN.O=S(=O)(O)O. The third-order valence-corrected chi connectivity index (χ3v) is 0.472. The van der Waals surface area contributed by atoms with Gasteiger partial charge in [-0.25, -0.2) is 0 Å². The highest BCUT2D eigenvalue weighted by molar-refractivity contribution is 7.79. The first-order valence-corrected chi connectivity index (χ1v) is 4.26. The van der Waals surface area contributed by atoms with Gasteiger partial charge in [-0.1, -0.05) is 0 Å². The predicted octanol–water partition coefficient (Wildman–Crippen LogP) is -1.14. The molecule has 74 valence electrons. The van der Waals surface area contributed by atoms with Crippen molar-refractivity contribution >= 4 is 16.4 Å². The molecule has 12 heavy (non-hydrogen) atoms. The van der Waals surface area contributed by atoms with Crippen LogP contribution in [0.4, 0.5) is 0 Å². The Morgan fingerprint density at radius 2 is 1.83 bits per heavy atom. The lowest BCUT2D eigenvalue weighted by atomic mass is 10.7. The number of ether oxygens (including phenoxy) is 1. The van der Waals surface area contributed by atoms with Gasteiger partial charge in [-0.05, 0) is 6.92 Å². The van der Waals surface area contributed by atoms with Crippen LogP contribution in [0.3, 0.4) is 0 Å². The Hall–Kier alpha value is -0.700. The maximum Gasteiger partial charge on any atom is 0.394 e. The summed E-state index contributed by atoms with van der Waals surface area (Å²) in [6.07, 6.45) is 0. The van der Waals surface area contributed by atoms with Crippen molar-refractivity contribution in [3.63, 3.8) is 0 Å². The van der Waals surface area contributed by atoms with Gasteiger partial charge in [-0.3, -0.25) is 13.9 Å². The van der Waals surface area contributed by atoms with Crippen molar-refractivity contribution in [2.75, 3.05) is 13.2 Å². The van der Waals surface area contributed by atoms with E-state index in [2.05, 4.69) is 4.74 Å². The zero-order chi connectivity index (χ0) is 10.2. The fraction of sp³-hybridized carbons (Fsp3) is 0.750. The fourth-order valence-electron chi connectivity index (χ4n) is 0.220. The van der Waals surface area contributed by atoms with E-state index in [1.807, 2.05) is 0 Å². The van der Waals surface area contributed by atoms with Crippen molar-refractivity contribution in [1.82, 2.24) is 0 Å². The summed E-state index contributed by atoms with van der Waals surface area (Å²) in [5.74, 6) is -0.345. The van der Waals surface area contributed by atoms with Crippen molar-refractivity contribution in [1.29, 1.82) is 0 Å². The number of carbonyl (C=O) groups is 1. The molecule has 0 atom stereocenters. The molecule has 4 N–H and O–H groups in total. The third kappa shape index (κ3) is 34.6. The van der Waals surface area contributed by atoms with Gasteiger partial charge in [-0.15, -0.1) is 0 Å². The van der Waals surface area contributed by atoms with E-state index < -0.39 is 10.4 Å². The Morgan fingerprint density at radius 1 is 1.50 bits per heavy atom. The zero-order valence-electron chi connectivity index (χ0n) is 6.43. The van der Waals surface area contributed by atoms with E-state index >= 15 is 0 Å². The van der Waals surface area contributed by atoms with Gasteiger partial charge in [0.2, 0.25) is 0 Å². The number of esters is 1. The summed E-state index contributed by atoms with van der Waals surface area (Å²) >= 11 is 0. The molecule has 0 aromatic carbocycles. The molecular formula is C4H11NO6S. The smallest absolute Gasteiger partial charge is 0.394 e. The monoisotopic (exact) mass is 201 g/mol. The summed E-state index contributed by atoms with van der Waals surface area (Å²) in [7, 11) is -4.67. The molecule has 0 rings (SSSR count). The summed E-state index contributed by atoms with van der Waals surface area (Å²) in [5, 5.41) is 0.